The van der Waals surface area contributed by atoms with E-state index in [0.29, 0.717) is 0 Å². The van der Waals surface area contributed by atoms with Gasteiger partial charge in [0.05, 0.1) is 16.4 Å². The first-order chi connectivity index (χ1) is 28.3. The maximum Gasteiger partial charge on any atom is 0.136 e. The Labute approximate surface area is 330 Å². The number of nitrogens with zero attached hydrogens (tertiary/aromatic N) is 1. The summed E-state index contributed by atoms with van der Waals surface area (Å²) >= 11 is 0. The van der Waals surface area contributed by atoms with E-state index in [4.69, 9.17) is 4.42 Å². The van der Waals surface area contributed by atoms with E-state index in [0.717, 1.165) is 38.8 Å². The van der Waals surface area contributed by atoms with Crippen molar-refractivity contribution in [2.24, 2.45) is 0 Å². The molecular formula is C55H35NO. The molecule has 0 bridgehead atoms. The molecule has 2 aromatic heterocycles. The maximum absolute atomic E-state index is 6.87. The van der Waals surface area contributed by atoms with Crippen LogP contribution in [0, 0.1) is 0 Å². The van der Waals surface area contributed by atoms with Crippen molar-refractivity contribution in [2.75, 3.05) is 0 Å². The van der Waals surface area contributed by atoms with Crippen LogP contribution in [0.15, 0.2) is 217 Å². The number of rotatable bonds is 5. The average molecular weight is 726 g/mol. The van der Waals surface area contributed by atoms with Crippen molar-refractivity contribution >= 4 is 43.7 Å². The number of fused-ring (bicyclic) bond motifs is 9. The summed E-state index contributed by atoms with van der Waals surface area (Å²) in [7, 11) is 0. The van der Waals surface area contributed by atoms with Gasteiger partial charge >= 0.3 is 0 Å². The number of aromatic nitrogens is 1. The fourth-order valence-corrected chi connectivity index (χ4v) is 9.85. The van der Waals surface area contributed by atoms with Gasteiger partial charge in [-0.25, -0.2) is 0 Å². The minimum atomic E-state index is -0.484. The molecule has 0 saturated carbocycles. The lowest BCUT2D eigenvalue weighted by Gasteiger charge is -2.33. The molecule has 12 rings (SSSR count). The lowest BCUT2D eigenvalue weighted by molar-refractivity contribution is 0.666. The van der Waals surface area contributed by atoms with Crippen LogP contribution in [0.5, 0.6) is 0 Å². The second-order valence-electron chi connectivity index (χ2n) is 15.2. The molecule has 1 aliphatic rings. The highest BCUT2D eigenvalue weighted by Crippen LogP contribution is 2.57. The van der Waals surface area contributed by atoms with Crippen LogP contribution in [-0.4, -0.2) is 4.57 Å². The maximum atomic E-state index is 6.87. The van der Waals surface area contributed by atoms with Crippen LogP contribution in [0.1, 0.15) is 22.3 Å². The first-order valence-electron chi connectivity index (χ1n) is 19.7. The highest BCUT2D eigenvalue weighted by atomic mass is 16.3. The van der Waals surface area contributed by atoms with Gasteiger partial charge in [-0.3, -0.25) is 0 Å². The summed E-state index contributed by atoms with van der Waals surface area (Å²) < 4.78 is 9.28. The van der Waals surface area contributed by atoms with E-state index >= 15 is 0 Å². The van der Waals surface area contributed by atoms with Gasteiger partial charge in [-0.2, -0.15) is 0 Å². The van der Waals surface area contributed by atoms with E-state index < -0.39 is 5.41 Å². The third-order valence-electron chi connectivity index (χ3n) is 12.3. The predicted octanol–water partition coefficient (Wildman–Crippen LogP) is 14.4. The van der Waals surface area contributed by atoms with Crippen LogP contribution < -0.4 is 0 Å². The van der Waals surface area contributed by atoms with Crippen molar-refractivity contribution in [3.8, 4) is 39.1 Å². The second kappa shape index (κ2) is 12.3. The Bertz CT molecular complexity index is 3280. The first-order valence-corrected chi connectivity index (χ1v) is 19.7. The van der Waals surface area contributed by atoms with Gasteiger partial charge < -0.3 is 8.98 Å². The zero-order valence-corrected chi connectivity index (χ0v) is 31.1. The molecule has 0 radical (unpaired) electrons. The molecule has 2 nitrogen and oxygen atoms in total. The monoisotopic (exact) mass is 725 g/mol. The van der Waals surface area contributed by atoms with Gasteiger partial charge in [0.1, 0.15) is 11.2 Å². The Kier molecular flexibility index (Phi) is 6.88. The highest BCUT2D eigenvalue weighted by Gasteiger charge is 2.46. The molecule has 0 spiro atoms. The molecule has 0 unspecified atom stereocenters. The summed E-state index contributed by atoms with van der Waals surface area (Å²) in [5.41, 5.74) is 17.1. The minimum Gasteiger partial charge on any atom is -0.456 e. The first kappa shape index (κ1) is 31.9. The fourth-order valence-electron chi connectivity index (χ4n) is 9.85. The van der Waals surface area contributed by atoms with Crippen LogP contribution in [0.4, 0.5) is 0 Å². The van der Waals surface area contributed by atoms with Gasteiger partial charge in [0.25, 0.3) is 0 Å². The minimum absolute atomic E-state index is 0.484. The van der Waals surface area contributed by atoms with Crippen molar-refractivity contribution in [1.82, 2.24) is 4.57 Å². The van der Waals surface area contributed by atoms with Crippen molar-refractivity contribution in [1.29, 1.82) is 0 Å². The fraction of sp³-hybridized carbons (Fsp3) is 0.0182. The normalized spacial score (nSPS) is 13.1. The SMILES string of the molecule is c1ccc(-c2ccc(-n3c4ccccc4c4ccc(-c5cccc6oc7cc8c(cc7c56)-c5ccccc5C8(c5ccccc5)c5ccccc5)cc43)cc2)cc1. The molecule has 1 aliphatic carbocycles. The molecule has 9 aromatic carbocycles. The zero-order chi connectivity index (χ0) is 37.5. The number of hydrogen-bond acceptors (Lipinski definition) is 1. The molecular weight excluding hydrogens is 691 g/mol. The van der Waals surface area contributed by atoms with Crippen molar-refractivity contribution in [3.63, 3.8) is 0 Å². The Morgan fingerprint density at radius 3 is 1.74 bits per heavy atom. The van der Waals surface area contributed by atoms with Crippen LogP contribution in [0.25, 0.3) is 82.8 Å². The molecule has 0 fully saturated rings. The van der Waals surface area contributed by atoms with Crippen molar-refractivity contribution in [3.05, 3.63) is 235 Å². The quantitative estimate of drug-likeness (QED) is 0.173. The van der Waals surface area contributed by atoms with Gasteiger partial charge in [0, 0.05) is 27.2 Å². The molecule has 2 heterocycles. The molecule has 266 valence electrons. The van der Waals surface area contributed by atoms with E-state index in [1.54, 1.807) is 0 Å². The van der Waals surface area contributed by atoms with Gasteiger partial charge in [-0.15, -0.1) is 0 Å². The van der Waals surface area contributed by atoms with Gasteiger partial charge in [-0.05, 0) is 98.1 Å². The van der Waals surface area contributed by atoms with Crippen LogP contribution in [0.2, 0.25) is 0 Å². The summed E-state index contributed by atoms with van der Waals surface area (Å²) in [5, 5.41) is 4.74. The Morgan fingerprint density at radius 2 is 0.965 bits per heavy atom. The molecule has 11 aromatic rings. The topological polar surface area (TPSA) is 18.1 Å². The lowest BCUT2D eigenvalue weighted by atomic mass is 9.67. The molecule has 0 N–H and O–H groups in total. The summed E-state index contributed by atoms with van der Waals surface area (Å²) in [4.78, 5) is 0. The summed E-state index contributed by atoms with van der Waals surface area (Å²) in [5.74, 6) is 0. The molecule has 0 saturated heterocycles. The van der Waals surface area contributed by atoms with Gasteiger partial charge in [0.15, 0.2) is 0 Å². The number of hydrogen-bond donors (Lipinski definition) is 0. The predicted molar refractivity (Wildman–Crippen MR) is 236 cm³/mol. The smallest absolute Gasteiger partial charge is 0.136 e. The van der Waals surface area contributed by atoms with E-state index in [1.165, 1.54) is 66.3 Å². The summed E-state index contributed by atoms with van der Waals surface area (Å²) in [6, 6.07) is 77.3. The van der Waals surface area contributed by atoms with Crippen LogP contribution >= 0.6 is 0 Å². The molecule has 57 heavy (non-hydrogen) atoms. The Hall–Kier alpha value is -7.42. The lowest BCUT2D eigenvalue weighted by Crippen LogP contribution is -2.28. The van der Waals surface area contributed by atoms with E-state index in [2.05, 4.69) is 217 Å². The van der Waals surface area contributed by atoms with Gasteiger partial charge in [0.2, 0.25) is 0 Å². The summed E-state index contributed by atoms with van der Waals surface area (Å²) in [6.07, 6.45) is 0. The third-order valence-corrected chi connectivity index (χ3v) is 12.3. The van der Waals surface area contributed by atoms with Gasteiger partial charge in [-0.1, -0.05) is 170 Å². The Morgan fingerprint density at radius 1 is 0.351 bits per heavy atom. The van der Waals surface area contributed by atoms with Crippen molar-refractivity contribution < 1.29 is 4.42 Å². The largest absolute Gasteiger partial charge is 0.456 e. The highest BCUT2D eigenvalue weighted by molar-refractivity contribution is 6.16. The average Bonchev–Trinajstić information content (AvgIpc) is 3.92. The number of benzene rings is 9. The molecule has 2 heteroatoms. The van der Waals surface area contributed by atoms with Crippen LogP contribution in [0.3, 0.4) is 0 Å². The zero-order valence-electron chi connectivity index (χ0n) is 31.1. The molecule has 0 amide bonds. The van der Waals surface area contributed by atoms with E-state index in [1.807, 2.05) is 0 Å². The number of furan rings is 1. The standard InChI is InChI=1S/C55H35NO/c1-4-15-36(16-5-1)37-27-30-41(31-28-37)56-50-25-13-11-22-44(50)45-32-29-38(33-51(45)56)42-23-14-26-52-54(42)47-34-46-43-21-10-12-24-48(43)55(39-17-6-2-7-18-39,40-19-8-3-9-20-40)49(46)35-53(47)57-52/h1-35H. The van der Waals surface area contributed by atoms with E-state index in [-0.39, 0.29) is 0 Å². The Balaban J connectivity index is 1.08. The number of para-hydroxylation sites is 1. The molecule has 0 aliphatic heterocycles. The second-order valence-corrected chi connectivity index (χ2v) is 15.2. The van der Waals surface area contributed by atoms with E-state index in [9.17, 15) is 0 Å². The third kappa shape index (κ3) is 4.59. The van der Waals surface area contributed by atoms with Crippen LogP contribution in [-0.2, 0) is 5.41 Å². The van der Waals surface area contributed by atoms with Crippen molar-refractivity contribution in [2.45, 2.75) is 5.41 Å². The molecule has 0 atom stereocenters. The summed E-state index contributed by atoms with van der Waals surface area (Å²) in [6.45, 7) is 0.